The van der Waals surface area contributed by atoms with Crippen molar-refractivity contribution in [3.8, 4) is 0 Å². The van der Waals surface area contributed by atoms with Crippen molar-refractivity contribution in [2.75, 3.05) is 0 Å². The molecule has 6 atom stereocenters. The summed E-state index contributed by atoms with van der Waals surface area (Å²) < 4.78 is 2.56. The van der Waals surface area contributed by atoms with Crippen molar-refractivity contribution in [1.29, 1.82) is 0 Å². The summed E-state index contributed by atoms with van der Waals surface area (Å²) in [6, 6.07) is 11.7. The van der Waals surface area contributed by atoms with E-state index >= 15 is 0 Å². The maximum absolute atomic E-state index is 11.9. The number of hydrogen-bond acceptors (Lipinski definition) is 2. The van der Waals surface area contributed by atoms with Gasteiger partial charge in [0.05, 0.1) is 0 Å². The number of rotatable bonds is 4. The minimum atomic E-state index is 0.262. The van der Waals surface area contributed by atoms with Gasteiger partial charge in [0.25, 0.3) is 0 Å². The molecule has 2 saturated heterocycles. The molecule has 3 heteroatoms. The van der Waals surface area contributed by atoms with E-state index in [4.69, 9.17) is 0 Å². The van der Waals surface area contributed by atoms with E-state index in [2.05, 4.69) is 39.9 Å². The molecule has 2 aliphatic heterocycles. The van der Waals surface area contributed by atoms with Crippen LogP contribution in [0.1, 0.15) is 89.2 Å². The number of para-hydroxylation sites is 1. The topological polar surface area (TPSA) is 25.2 Å². The van der Waals surface area contributed by atoms with Crippen LogP contribution in [0.2, 0.25) is 0 Å². The van der Waals surface area contributed by atoms with Gasteiger partial charge in [-0.2, -0.15) is 0 Å². The highest BCUT2D eigenvalue weighted by atomic mass is 16.1. The van der Waals surface area contributed by atoms with Crippen molar-refractivity contribution in [2.24, 2.45) is 11.8 Å². The fraction of sp³-hybridized carbons (Fsp3) is 0.679. The predicted octanol–water partition coefficient (Wildman–Crippen LogP) is 6.30. The largest absolute Gasteiger partial charge is 0.344 e. The second-order valence-corrected chi connectivity index (χ2v) is 11.3. The zero-order chi connectivity index (χ0) is 20.9. The first kappa shape index (κ1) is 20.0. The first-order valence-corrected chi connectivity index (χ1v) is 13.0. The third kappa shape index (κ3) is 3.67. The second-order valence-electron chi connectivity index (χ2n) is 11.3. The van der Waals surface area contributed by atoms with Gasteiger partial charge in [-0.05, 0) is 75.3 Å². The number of carbonyl (C=O) groups is 1. The van der Waals surface area contributed by atoms with E-state index in [0.29, 0.717) is 12.5 Å². The van der Waals surface area contributed by atoms with E-state index in [1.54, 1.807) is 6.92 Å². The summed E-state index contributed by atoms with van der Waals surface area (Å²) in [5.74, 6) is 2.29. The van der Waals surface area contributed by atoms with E-state index in [1.807, 2.05) is 0 Å². The molecule has 0 N–H and O–H groups in total. The summed E-state index contributed by atoms with van der Waals surface area (Å²) >= 11 is 0. The lowest BCUT2D eigenvalue weighted by Gasteiger charge is -2.55. The molecule has 1 aromatic heterocycles. The molecule has 2 aromatic rings. The number of piperidine rings is 2. The summed E-state index contributed by atoms with van der Waals surface area (Å²) in [6.07, 6.45) is 18.6. The van der Waals surface area contributed by atoms with Crippen LogP contribution in [0.5, 0.6) is 0 Å². The molecule has 166 valence electrons. The van der Waals surface area contributed by atoms with Gasteiger partial charge in [-0.3, -0.25) is 9.69 Å². The van der Waals surface area contributed by atoms with E-state index in [-0.39, 0.29) is 5.78 Å². The Hall–Kier alpha value is -1.61. The molecule has 0 amide bonds. The molecule has 31 heavy (non-hydrogen) atoms. The Morgan fingerprint density at radius 1 is 0.839 bits per heavy atom. The van der Waals surface area contributed by atoms with Crippen molar-refractivity contribution < 1.29 is 4.79 Å². The fourth-order valence-corrected chi connectivity index (χ4v) is 8.14. The first-order chi connectivity index (χ1) is 15.2. The van der Waals surface area contributed by atoms with Crippen LogP contribution >= 0.6 is 0 Å². The third-order valence-electron chi connectivity index (χ3n) is 9.19. The van der Waals surface area contributed by atoms with E-state index in [0.717, 1.165) is 30.0 Å². The summed E-state index contributed by atoms with van der Waals surface area (Å²) in [7, 11) is 0. The minimum absolute atomic E-state index is 0.262. The van der Waals surface area contributed by atoms with Gasteiger partial charge in [0.2, 0.25) is 0 Å². The molecule has 0 radical (unpaired) electrons. The lowest BCUT2D eigenvalue weighted by atomic mass is 9.68. The van der Waals surface area contributed by atoms with Crippen LogP contribution in [-0.4, -0.2) is 33.4 Å². The van der Waals surface area contributed by atoms with Gasteiger partial charge in [-0.25, -0.2) is 0 Å². The predicted molar refractivity (Wildman–Crippen MR) is 126 cm³/mol. The number of hydrogen-bond donors (Lipinski definition) is 0. The zero-order valence-electron chi connectivity index (χ0n) is 19.1. The number of fused-ring (bicyclic) bond motifs is 5. The Labute approximate surface area is 187 Å². The molecular weight excluding hydrogens is 380 g/mol. The Kier molecular flexibility index (Phi) is 5.21. The van der Waals surface area contributed by atoms with Crippen LogP contribution in [0, 0.1) is 11.8 Å². The van der Waals surface area contributed by atoms with Crippen molar-refractivity contribution >= 4 is 16.7 Å². The molecule has 2 saturated carbocycles. The Bertz CT molecular complexity index is 935. The minimum Gasteiger partial charge on any atom is -0.344 e. The summed E-state index contributed by atoms with van der Waals surface area (Å²) in [5, 5.41) is 1.28. The Balaban J connectivity index is 1.28. The second kappa shape index (κ2) is 8.06. The van der Waals surface area contributed by atoms with Crippen molar-refractivity contribution in [3.05, 3.63) is 36.0 Å². The molecule has 4 fully saturated rings. The summed E-state index contributed by atoms with van der Waals surface area (Å²) in [4.78, 5) is 14.9. The standard InChI is InChI=1S/C28H38N2O/c1-19(31)12-22-18-29(28-11-3-2-10-27(22)28)25-16-23-8-5-9-24(17-25)30(23)26-14-20-6-4-7-21(13-20)15-26/h2-3,10-11,18,20-21,23-26H,4-9,12-17H2,1H3/t20-,21+,23-,24+,25+,26+. The lowest BCUT2D eigenvalue weighted by molar-refractivity contribution is -0.116. The number of benzene rings is 1. The smallest absolute Gasteiger partial charge is 0.134 e. The highest BCUT2D eigenvalue weighted by Gasteiger charge is 2.45. The van der Waals surface area contributed by atoms with Crippen LogP contribution in [0.25, 0.3) is 10.9 Å². The van der Waals surface area contributed by atoms with Gasteiger partial charge in [-0.15, -0.1) is 0 Å². The maximum Gasteiger partial charge on any atom is 0.134 e. The van der Waals surface area contributed by atoms with Gasteiger partial charge >= 0.3 is 0 Å². The number of Topliss-reactive ketones (excluding diaryl/α,β-unsaturated/α-hetero) is 1. The molecule has 3 heterocycles. The normalized spacial score (nSPS) is 35.9. The SMILES string of the molecule is CC(=O)Cc1cn([C@H]2C[C@H]3CCC[C@@H](C2)N3[C@H]2C[C@@H]3CCC[C@@H](C3)C2)c2ccccc12. The van der Waals surface area contributed by atoms with E-state index in [9.17, 15) is 4.79 Å². The van der Waals surface area contributed by atoms with Crippen molar-refractivity contribution in [2.45, 2.75) is 108 Å². The molecular formula is C28H38N2O. The van der Waals surface area contributed by atoms with Crippen molar-refractivity contribution in [1.82, 2.24) is 9.47 Å². The Morgan fingerprint density at radius 3 is 2.23 bits per heavy atom. The van der Waals surface area contributed by atoms with Crippen LogP contribution in [0.4, 0.5) is 0 Å². The highest BCUT2D eigenvalue weighted by molar-refractivity contribution is 5.89. The van der Waals surface area contributed by atoms with Crippen LogP contribution < -0.4 is 0 Å². The first-order valence-electron chi connectivity index (χ1n) is 13.0. The summed E-state index contributed by atoms with van der Waals surface area (Å²) in [5.41, 5.74) is 2.55. The van der Waals surface area contributed by atoms with Crippen molar-refractivity contribution in [3.63, 3.8) is 0 Å². The third-order valence-corrected chi connectivity index (χ3v) is 9.19. The van der Waals surface area contributed by atoms with Crippen LogP contribution in [-0.2, 0) is 11.2 Å². The molecule has 4 bridgehead atoms. The summed E-state index contributed by atoms with van der Waals surface area (Å²) in [6.45, 7) is 1.72. The van der Waals surface area contributed by atoms with E-state index < -0.39 is 0 Å². The van der Waals surface area contributed by atoms with Crippen LogP contribution in [0.3, 0.4) is 0 Å². The number of carbonyl (C=O) groups excluding carboxylic acids is 1. The van der Waals surface area contributed by atoms with Gasteiger partial charge in [0, 0.05) is 47.7 Å². The van der Waals surface area contributed by atoms with Gasteiger partial charge in [-0.1, -0.05) is 43.9 Å². The monoisotopic (exact) mass is 418 g/mol. The fourth-order valence-electron chi connectivity index (χ4n) is 8.14. The Morgan fingerprint density at radius 2 is 1.52 bits per heavy atom. The number of aromatic nitrogens is 1. The van der Waals surface area contributed by atoms with Gasteiger partial charge < -0.3 is 4.57 Å². The van der Waals surface area contributed by atoms with E-state index in [1.165, 1.54) is 87.1 Å². The molecule has 6 rings (SSSR count). The molecule has 0 spiro atoms. The highest BCUT2D eigenvalue weighted by Crippen LogP contribution is 2.48. The zero-order valence-corrected chi connectivity index (χ0v) is 19.1. The molecule has 3 nitrogen and oxygen atoms in total. The number of ketones is 1. The van der Waals surface area contributed by atoms with Gasteiger partial charge in [0.1, 0.15) is 5.78 Å². The van der Waals surface area contributed by atoms with Gasteiger partial charge in [0.15, 0.2) is 0 Å². The lowest BCUT2D eigenvalue weighted by Crippen LogP contribution is -2.58. The van der Waals surface area contributed by atoms with Crippen LogP contribution in [0.15, 0.2) is 30.5 Å². The quantitative estimate of drug-likeness (QED) is 0.582. The average Bonchev–Trinajstić information content (AvgIpc) is 3.10. The molecule has 2 aliphatic carbocycles. The maximum atomic E-state index is 11.9. The average molecular weight is 419 g/mol. The molecule has 0 unspecified atom stereocenters. The molecule has 4 aliphatic rings. The number of nitrogens with zero attached hydrogens (tertiary/aromatic N) is 2. The molecule has 1 aromatic carbocycles.